The molecule has 1 unspecified atom stereocenters. The number of carbonyl (C=O) groups is 1. The largest absolute Gasteiger partial charge is 0.491 e. The van der Waals surface area contributed by atoms with Crippen LogP contribution in [-0.2, 0) is 0 Å². The smallest absolute Gasteiger partial charge is 0.333 e. The van der Waals surface area contributed by atoms with E-state index in [9.17, 15) is 4.79 Å². The third-order valence-corrected chi connectivity index (χ3v) is 5.88. The second-order valence-electron chi connectivity index (χ2n) is 6.91. The van der Waals surface area contributed by atoms with Gasteiger partial charge < -0.3 is 14.6 Å². The Morgan fingerprint density at radius 2 is 1.68 bits per heavy atom. The highest BCUT2D eigenvalue weighted by Gasteiger charge is 2.38. The summed E-state index contributed by atoms with van der Waals surface area (Å²) in [6.07, 6.45) is 0. The zero-order valence-corrected chi connectivity index (χ0v) is 19.4. The fraction of sp³-hybridized carbons (Fsp3) is 0.174. The number of amides is 2. The van der Waals surface area contributed by atoms with Crippen LogP contribution in [0.5, 0.6) is 17.2 Å². The van der Waals surface area contributed by atoms with Crippen LogP contribution in [0.3, 0.4) is 0 Å². The number of urea groups is 1. The molecular formula is C23H20ClIN2O4. The van der Waals surface area contributed by atoms with Crippen LogP contribution in [0.25, 0.3) is 0 Å². The second-order valence-corrected chi connectivity index (χ2v) is 8.51. The summed E-state index contributed by atoms with van der Waals surface area (Å²) in [6.45, 7) is 0.723. The number of nitrogens with zero attached hydrogens (tertiary/aromatic N) is 2. The number of anilines is 1. The minimum absolute atomic E-state index is 0.0514. The van der Waals surface area contributed by atoms with Crippen molar-refractivity contribution in [2.75, 3.05) is 24.7 Å². The Balaban J connectivity index is 1.56. The van der Waals surface area contributed by atoms with Crippen molar-refractivity contribution in [2.45, 2.75) is 6.04 Å². The highest BCUT2D eigenvalue weighted by molar-refractivity contribution is 14.1. The van der Waals surface area contributed by atoms with Crippen LogP contribution < -0.4 is 14.4 Å². The molecule has 160 valence electrons. The lowest BCUT2D eigenvalue weighted by molar-refractivity contribution is 0.201. The minimum Gasteiger partial charge on any atom is -0.491 e. The summed E-state index contributed by atoms with van der Waals surface area (Å²) in [5.74, 6) is 2.02. The molecule has 2 amide bonds. The van der Waals surface area contributed by atoms with Gasteiger partial charge in [-0.15, -0.1) is 0 Å². The number of benzene rings is 3. The molecule has 3 aromatic carbocycles. The molecular weight excluding hydrogens is 531 g/mol. The molecule has 0 bridgehead atoms. The average molecular weight is 551 g/mol. The van der Waals surface area contributed by atoms with Crippen LogP contribution in [0.15, 0.2) is 72.8 Å². The molecule has 31 heavy (non-hydrogen) atoms. The van der Waals surface area contributed by atoms with Crippen LogP contribution in [-0.4, -0.2) is 34.0 Å². The molecule has 4 rings (SSSR count). The number of ether oxygens (including phenoxy) is 2. The summed E-state index contributed by atoms with van der Waals surface area (Å²) in [5, 5.41) is 9.64. The van der Waals surface area contributed by atoms with Crippen LogP contribution in [0, 0.1) is 0 Å². The monoisotopic (exact) mass is 550 g/mol. The van der Waals surface area contributed by atoms with Crippen molar-refractivity contribution >= 4 is 46.2 Å². The van der Waals surface area contributed by atoms with Gasteiger partial charge in [-0.25, -0.2) is 4.79 Å². The first-order valence-electron chi connectivity index (χ1n) is 9.69. The van der Waals surface area contributed by atoms with Gasteiger partial charge >= 0.3 is 6.03 Å². The van der Waals surface area contributed by atoms with Gasteiger partial charge in [-0.05, 0) is 66.2 Å². The average Bonchev–Trinajstić information content (AvgIpc) is 3.09. The summed E-state index contributed by atoms with van der Waals surface area (Å²) >= 11 is 7.96. The molecule has 1 N–H and O–H groups in total. The number of aliphatic hydroxyl groups excluding tert-OH is 1. The van der Waals surface area contributed by atoms with E-state index in [2.05, 4.69) is 0 Å². The molecule has 3 aromatic rings. The Kier molecular flexibility index (Phi) is 6.84. The molecule has 1 fully saturated rings. The van der Waals surface area contributed by atoms with Gasteiger partial charge in [0.1, 0.15) is 23.9 Å². The number of halogens is 2. The van der Waals surface area contributed by atoms with E-state index in [1.54, 1.807) is 32.3 Å². The van der Waals surface area contributed by atoms with Gasteiger partial charge in [-0.1, -0.05) is 23.7 Å². The molecule has 0 radical (unpaired) electrons. The molecule has 6 nitrogen and oxygen atoms in total. The molecule has 1 aliphatic rings. The first-order chi connectivity index (χ1) is 15.0. The molecule has 0 aromatic heterocycles. The van der Waals surface area contributed by atoms with Gasteiger partial charge in [0.05, 0.1) is 42.1 Å². The molecule has 8 heteroatoms. The zero-order valence-electron chi connectivity index (χ0n) is 16.4. The van der Waals surface area contributed by atoms with Crippen LogP contribution in [0.2, 0.25) is 5.02 Å². The van der Waals surface area contributed by atoms with Gasteiger partial charge in [0.15, 0.2) is 0 Å². The van der Waals surface area contributed by atoms with Crippen molar-refractivity contribution in [1.29, 1.82) is 0 Å². The third-order valence-electron chi connectivity index (χ3n) is 4.83. The number of hydrogen-bond acceptors (Lipinski definition) is 4. The predicted octanol–water partition coefficient (Wildman–Crippen LogP) is 5.84. The Morgan fingerprint density at radius 1 is 1.00 bits per heavy atom. The molecule has 1 aliphatic heterocycles. The lowest BCUT2D eigenvalue weighted by Gasteiger charge is -2.24. The number of hydrogen-bond donors (Lipinski definition) is 1. The van der Waals surface area contributed by atoms with Crippen molar-refractivity contribution in [3.8, 4) is 17.2 Å². The van der Waals surface area contributed by atoms with Crippen molar-refractivity contribution in [3.63, 3.8) is 0 Å². The van der Waals surface area contributed by atoms with E-state index in [0.29, 0.717) is 28.8 Å². The molecule has 0 saturated carbocycles. The Hall–Kier alpha value is -2.49. The zero-order chi connectivity index (χ0) is 21.8. The maximum atomic E-state index is 12.9. The topological polar surface area (TPSA) is 62.2 Å². The normalized spacial score (nSPS) is 16.0. The molecule has 0 aliphatic carbocycles. The van der Waals surface area contributed by atoms with E-state index >= 15 is 0 Å². The number of aliphatic hydroxyl groups is 1. The summed E-state index contributed by atoms with van der Waals surface area (Å²) in [5.41, 5.74) is 1.74. The third kappa shape index (κ3) is 5.06. The van der Waals surface area contributed by atoms with Crippen LogP contribution >= 0.6 is 34.5 Å². The quantitative estimate of drug-likeness (QED) is 0.297. The van der Waals surface area contributed by atoms with E-state index in [0.717, 1.165) is 11.3 Å². The van der Waals surface area contributed by atoms with Crippen molar-refractivity contribution in [2.24, 2.45) is 0 Å². The van der Waals surface area contributed by atoms with Crippen molar-refractivity contribution < 1.29 is 19.4 Å². The van der Waals surface area contributed by atoms with Gasteiger partial charge in [0.2, 0.25) is 0 Å². The summed E-state index contributed by atoms with van der Waals surface area (Å²) in [6, 6.07) is 21.9. The Labute approximate surface area is 199 Å². The minimum atomic E-state index is -0.162. The van der Waals surface area contributed by atoms with Gasteiger partial charge in [0.25, 0.3) is 0 Å². The van der Waals surface area contributed by atoms with E-state index in [-0.39, 0.29) is 25.3 Å². The fourth-order valence-electron chi connectivity index (χ4n) is 3.40. The standard InChI is InChI=1S/C23H20ClIN2O4/c24-17-4-8-19(9-5-17)31-20-10-6-18(7-11-20)27-22(15-26(25)23(27)29)16-2-1-3-21(14-16)30-13-12-28/h1-11,14,22,28H,12-13,15H2. The van der Waals surface area contributed by atoms with Crippen LogP contribution in [0.4, 0.5) is 10.5 Å². The molecule has 1 saturated heterocycles. The van der Waals surface area contributed by atoms with Crippen LogP contribution in [0.1, 0.15) is 11.6 Å². The van der Waals surface area contributed by atoms with Gasteiger partial charge in [-0.2, -0.15) is 0 Å². The second kappa shape index (κ2) is 9.76. The van der Waals surface area contributed by atoms with Gasteiger partial charge in [0, 0.05) is 10.7 Å². The molecule has 0 spiro atoms. The summed E-state index contributed by atoms with van der Waals surface area (Å²) in [4.78, 5) is 14.7. The Morgan fingerprint density at radius 3 is 2.35 bits per heavy atom. The van der Waals surface area contributed by atoms with Gasteiger partial charge in [-0.3, -0.25) is 8.01 Å². The maximum absolute atomic E-state index is 12.9. The van der Waals surface area contributed by atoms with E-state index in [1.807, 2.05) is 71.4 Å². The first-order valence-corrected chi connectivity index (χ1v) is 11.0. The fourth-order valence-corrected chi connectivity index (χ4v) is 4.13. The SMILES string of the molecule is O=C1N(I)CC(c2cccc(OCCO)c2)N1c1ccc(Oc2ccc(Cl)cc2)cc1. The highest BCUT2D eigenvalue weighted by atomic mass is 127. The molecule has 1 heterocycles. The highest BCUT2D eigenvalue weighted by Crippen LogP contribution is 2.38. The summed E-state index contributed by atoms with van der Waals surface area (Å²) in [7, 11) is 0. The molecule has 1 atom stereocenters. The number of carbonyl (C=O) groups excluding carboxylic acids is 1. The van der Waals surface area contributed by atoms with Crippen molar-refractivity contribution in [3.05, 3.63) is 83.4 Å². The first kappa shape index (κ1) is 21.7. The van der Waals surface area contributed by atoms with E-state index in [1.165, 1.54) is 0 Å². The van der Waals surface area contributed by atoms with E-state index < -0.39 is 0 Å². The van der Waals surface area contributed by atoms with E-state index in [4.69, 9.17) is 26.2 Å². The summed E-state index contributed by atoms with van der Waals surface area (Å²) < 4.78 is 13.1. The van der Waals surface area contributed by atoms with Crippen molar-refractivity contribution in [1.82, 2.24) is 3.11 Å². The predicted molar refractivity (Wildman–Crippen MR) is 128 cm³/mol. The maximum Gasteiger partial charge on any atom is 0.333 e. The lowest BCUT2D eigenvalue weighted by atomic mass is 10.1. The Bertz CT molecular complexity index is 1050. The lowest BCUT2D eigenvalue weighted by Crippen LogP contribution is -2.28. The number of rotatable bonds is 7.